The number of nitrogens with zero attached hydrogens (tertiary/aromatic N) is 1. The first-order valence-corrected chi connectivity index (χ1v) is 8.87. The van der Waals surface area contributed by atoms with Gasteiger partial charge in [0.15, 0.2) is 5.75 Å². The summed E-state index contributed by atoms with van der Waals surface area (Å²) in [6.45, 7) is 1.78. The zero-order valence-corrected chi connectivity index (χ0v) is 16.4. The molecule has 0 aromatic heterocycles. The maximum Gasteiger partial charge on any atom is 0.414 e. The Kier molecular flexibility index (Phi) is 5.49. The van der Waals surface area contributed by atoms with Gasteiger partial charge in [-0.1, -0.05) is 23.7 Å². The third-order valence-corrected chi connectivity index (χ3v) is 4.80. The number of aliphatic hydroxyl groups excluding tert-OH is 1. The second-order valence-corrected chi connectivity index (χ2v) is 7.07. The number of rotatable bonds is 3. The summed E-state index contributed by atoms with van der Waals surface area (Å²) >= 11 is 6.25. The van der Waals surface area contributed by atoms with Gasteiger partial charge < -0.3 is 25.2 Å². The highest BCUT2D eigenvalue weighted by atomic mass is 35.5. The van der Waals surface area contributed by atoms with Crippen LogP contribution in [0.25, 0.3) is 5.57 Å². The fourth-order valence-corrected chi connectivity index (χ4v) is 3.10. The minimum absolute atomic E-state index is 0.0396. The van der Waals surface area contributed by atoms with Crippen LogP contribution >= 0.6 is 11.6 Å². The number of nitrogen functional groups attached to an aromatic ring is 1. The molecular formula is C20H20ClFN2O4. The van der Waals surface area contributed by atoms with E-state index < -0.39 is 18.2 Å². The maximum absolute atomic E-state index is 14.3. The lowest BCUT2D eigenvalue weighted by Crippen LogP contribution is -2.27. The molecule has 1 amide bonds. The van der Waals surface area contributed by atoms with Crippen molar-refractivity contribution in [1.82, 2.24) is 4.90 Å². The molecule has 1 aliphatic rings. The van der Waals surface area contributed by atoms with E-state index in [-0.39, 0.29) is 22.9 Å². The number of ether oxygens (including phenoxy) is 2. The molecule has 0 bridgehead atoms. The van der Waals surface area contributed by atoms with Crippen LogP contribution in [0.4, 0.5) is 14.9 Å². The highest BCUT2D eigenvalue weighted by Crippen LogP contribution is 2.42. The van der Waals surface area contributed by atoms with E-state index in [1.807, 2.05) is 0 Å². The van der Waals surface area contributed by atoms with E-state index in [1.165, 1.54) is 17.0 Å². The van der Waals surface area contributed by atoms with Crippen LogP contribution in [0.15, 0.2) is 35.9 Å². The first-order chi connectivity index (χ1) is 13.2. The number of fused-ring (bicyclic) bond motifs is 1. The molecule has 0 aliphatic carbocycles. The highest BCUT2D eigenvalue weighted by Gasteiger charge is 2.28. The first kappa shape index (κ1) is 20.0. The van der Waals surface area contributed by atoms with Crippen molar-refractivity contribution in [3.05, 3.63) is 57.9 Å². The van der Waals surface area contributed by atoms with Crippen LogP contribution in [0.1, 0.15) is 18.1 Å². The smallest absolute Gasteiger partial charge is 0.414 e. The summed E-state index contributed by atoms with van der Waals surface area (Å²) in [5.74, 6) is -0.0954. The molecule has 8 heteroatoms. The molecule has 2 aromatic rings. The normalized spacial score (nSPS) is 15.7. The van der Waals surface area contributed by atoms with Crippen LogP contribution in [0.5, 0.6) is 11.5 Å². The van der Waals surface area contributed by atoms with E-state index in [4.69, 9.17) is 26.8 Å². The van der Waals surface area contributed by atoms with Gasteiger partial charge >= 0.3 is 6.09 Å². The molecule has 0 spiro atoms. The Morgan fingerprint density at radius 3 is 2.79 bits per heavy atom. The van der Waals surface area contributed by atoms with E-state index >= 15 is 0 Å². The Bertz CT molecular complexity index is 975. The Hall–Kier alpha value is -2.77. The Balaban J connectivity index is 1.98. The molecule has 0 saturated carbocycles. The Morgan fingerprint density at radius 2 is 2.11 bits per heavy atom. The topological polar surface area (TPSA) is 85.0 Å². The van der Waals surface area contributed by atoms with Gasteiger partial charge in [-0.2, -0.15) is 0 Å². The van der Waals surface area contributed by atoms with Gasteiger partial charge in [0, 0.05) is 37.7 Å². The zero-order valence-electron chi connectivity index (χ0n) is 15.6. The number of hydrogen-bond donors (Lipinski definition) is 2. The molecule has 2 aromatic carbocycles. The second kappa shape index (κ2) is 7.69. The predicted octanol–water partition coefficient (Wildman–Crippen LogP) is 3.85. The van der Waals surface area contributed by atoms with E-state index in [0.29, 0.717) is 28.0 Å². The van der Waals surface area contributed by atoms with E-state index in [9.17, 15) is 14.3 Å². The minimum Gasteiger partial charge on any atom is -0.460 e. The molecule has 6 nitrogen and oxygen atoms in total. The Morgan fingerprint density at radius 1 is 1.39 bits per heavy atom. The molecular weight excluding hydrogens is 387 g/mol. The number of halogens is 2. The van der Waals surface area contributed by atoms with Crippen LogP contribution in [-0.4, -0.2) is 36.5 Å². The van der Waals surface area contributed by atoms with E-state index in [2.05, 4.69) is 0 Å². The maximum atomic E-state index is 14.3. The number of nitrogens with two attached hydrogens (primary N) is 1. The van der Waals surface area contributed by atoms with E-state index in [1.54, 1.807) is 39.2 Å². The van der Waals surface area contributed by atoms with Gasteiger partial charge in [-0.15, -0.1) is 0 Å². The van der Waals surface area contributed by atoms with Crippen molar-refractivity contribution >= 4 is 29.0 Å². The van der Waals surface area contributed by atoms with Crippen LogP contribution in [0, 0.1) is 5.82 Å². The zero-order chi connectivity index (χ0) is 20.6. The molecule has 3 N–H and O–H groups in total. The van der Waals surface area contributed by atoms with Crippen molar-refractivity contribution < 1.29 is 23.8 Å². The lowest BCUT2D eigenvalue weighted by Gasteiger charge is -2.28. The second-order valence-electron chi connectivity index (χ2n) is 6.66. The summed E-state index contributed by atoms with van der Waals surface area (Å²) in [5, 5.41) is 10.7. The number of allylic oxidation sites excluding steroid dienone is 1. The molecule has 1 heterocycles. The van der Waals surface area contributed by atoms with Gasteiger partial charge in [0.25, 0.3) is 0 Å². The summed E-state index contributed by atoms with van der Waals surface area (Å²) in [7, 11) is 3.09. The summed E-state index contributed by atoms with van der Waals surface area (Å²) in [6.07, 6.45) is -1.76. The van der Waals surface area contributed by atoms with Crippen LogP contribution < -0.4 is 15.2 Å². The number of aliphatic hydroxyl groups is 1. The molecule has 148 valence electrons. The third kappa shape index (κ3) is 3.76. The number of carbonyl (C=O) groups is 1. The standard InChI is InChI=1S/C20H20ClFN2O4/c1-10-12-8-14(21)17(28-20(26)24(2)3)9-16(12)27-19(25)13(10)7-11-5-4-6-15(23)18(11)22/h4-6,8-9,19,25H,7,23H2,1-3H3. The molecule has 1 aliphatic heterocycles. The highest BCUT2D eigenvalue weighted by molar-refractivity contribution is 6.32. The number of amides is 1. The largest absolute Gasteiger partial charge is 0.460 e. The summed E-state index contributed by atoms with van der Waals surface area (Å²) in [4.78, 5) is 13.0. The van der Waals surface area contributed by atoms with Crippen molar-refractivity contribution in [1.29, 1.82) is 0 Å². The summed E-state index contributed by atoms with van der Waals surface area (Å²) in [5.41, 5.74) is 7.82. The van der Waals surface area contributed by atoms with Gasteiger partial charge in [0.2, 0.25) is 6.29 Å². The van der Waals surface area contributed by atoms with Crippen LogP contribution in [-0.2, 0) is 6.42 Å². The van der Waals surface area contributed by atoms with E-state index in [0.717, 1.165) is 0 Å². The molecule has 28 heavy (non-hydrogen) atoms. The number of benzene rings is 2. The number of hydrogen-bond acceptors (Lipinski definition) is 5. The fraction of sp³-hybridized carbons (Fsp3) is 0.250. The SMILES string of the molecule is CC1=C(Cc2cccc(N)c2F)C(O)Oc2cc(OC(=O)N(C)C)c(Cl)cc21. The summed E-state index contributed by atoms with van der Waals surface area (Å²) in [6, 6.07) is 7.76. The van der Waals surface area contributed by atoms with Gasteiger partial charge in [0.05, 0.1) is 10.7 Å². The van der Waals surface area contributed by atoms with Crippen molar-refractivity contribution in [2.45, 2.75) is 19.6 Å². The lowest BCUT2D eigenvalue weighted by atomic mass is 9.92. The number of anilines is 1. The van der Waals surface area contributed by atoms with Crippen LogP contribution in [0.2, 0.25) is 5.02 Å². The molecule has 0 fully saturated rings. The predicted molar refractivity (Wildman–Crippen MR) is 105 cm³/mol. The minimum atomic E-state index is -1.29. The molecule has 3 rings (SSSR count). The first-order valence-electron chi connectivity index (χ1n) is 8.49. The Labute approximate surface area is 166 Å². The molecule has 1 atom stereocenters. The quantitative estimate of drug-likeness (QED) is 0.756. The fourth-order valence-electron chi connectivity index (χ4n) is 2.90. The monoisotopic (exact) mass is 406 g/mol. The third-order valence-electron chi connectivity index (χ3n) is 4.51. The van der Waals surface area contributed by atoms with Crippen LogP contribution in [0.3, 0.4) is 0 Å². The van der Waals surface area contributed by atoms with Gasteiger partial charge in [-0.25, -0.2) is 9.18 Å². The molecule has 0 radical (unpaired) electrons. The lowest BCUT2D eigenvalue weighted by molar-refractivity contribution is 0.0103. The van der Waals surface area contributed by atoms with Crippen molar-refractivity contribution in [2.24, 2.45) is 0 Å². The van der Waals surface area contributed by atoms with Crippen molar-refractivity contribution in [3.63, 3.8) is 0 Å². The van der Waals surface area contributed by atoms with Gasteiger partial charge in [0.1, 0.15) is 11.6 Å². The van der Waals surface area contributed by atoms with Crippen molar-refractivity contribution in [2.75, 3.05) is 19.8 Å². The molecule has 0 saturated heterocycles. The average Bonchev–Trinajstić information content (AvgIpc) is 2.63. The average molecular weight is 407 g/mol. The van der Waals surface area contributed by atoms with Gasteiger partial charge in [-0.3, -0.25) is 0 Å². The summed E-state index contributed by atoms with van der Waals surface area (Å²) < 4.78 is 25.1. The number of carbonyl (C=O) groups excluding carboxylic acids is 1. The van der Waals surface area contributed by atoms with Crippen molar-refractivity contribution in [3.8, 4) is 11.5 Å². The molecule has 1 unspecified atom stereocenters. The van der Waals surface area contributed by atoms with Gasteiger partial charge in [-0.05, 0) is 30.2 Å².